The molecule has 0 unspecified atom stereocenters. The highest BCUT2D eigenvalue weighted by molar-refractivity contribution is 6.13. The van der Waals surface area contributed by atoms with Crippen LogP contribution in [0.1, 0.15) is 51.5 Å². The Morgan fingerprint density at radius 2 is 1.73 bits per heavy atom. The van der Waals surface area contributed by atoms with Gasteiger partial charge >= 0.3 is 0 Å². The van der Waals surface area contributed by atoms with Crippen LogP contribution in [0.5, 0.6) is 0 Å². The fraction of sp³-hybridized carbons (Fsp3) is 0.556. The normalized spacial score (nSPS) is 15.2. The van der Waals surface area contributed by atoms with E-state index in [1.165, 1.54) is 5.56 Å². The second-order valence-corrected chi connectivity index (χ2v) is 6.05. The maximum atomic E-state index is 12.4. The largest absolute Gasteiger partial charge is 0.355 e. The quantitative estimate of drug-likeness (QED) is 0.572. The molecule has 1 aromatic rings. The molecular weight excluding hydrogens is 276 g/mol. The van der Waals surface area contributed by atoms with Crippen molar-refractivity contribution in [1.29, 1.82) is 0 Å². The van der Waals surface area contributed by atoms with Crippen LogP contribution in [-0.2, 0) is 16.0 Å². The lowest BCUT2D eigenvalue weighted by atomic mass is 10.0. The highest BCUT2D eigenvalue weighted by atomic mass is 16.2. The summed E-state index contributed by atoms with van der Waals surface area (Å²) >= 11 is 0. The Bertz CT molecular complexity index is 518. The zero-order valence-corrected chi connectivity index (χ0v) is 13.6. The van der Waals surface area contributed by atoms with Crippen molar-refractivity contribution >= 4 is 17.5 Å². The van der Waals surface area contributed by atoms with Gasteiger partial charge in [0.25, 0.3) is 0 Å². The molecule has 1 aromatic carbocycles. The fourth-order valence-electron chi connectivity index (χ4n) is 2.50. The van der Waals surface area contributed by atoms with Crippen LogP contribution < -0.4 is 10.6 Å². The van der Waals surface area contributed by atoms with Crippen molar-refractivity contribution in [2.75, 3.05) is 11.9 Å². The summed E-state index contributed by atoms with van der Waals surface area (Å²) in [4.78, 5) is 24.7. The van der Waals surface area contributed by atoms with Crippen molar-refractivity contribution in [1.82, 2.24) is 5.32 Å². The number of aryl methyl sites for hydroxylation is 1. The van der Waals surface area contributed by atoms with Crippen LogP contribution >= 0.6 is 0 Å². The number of amides is 2. The Morgan fingerprint density at radius 3 is 2.27 bits per heavy atom. The molecule has 0 aromatic heterocycles. The number of nitrogens with one attached hydrogen (secondary N) is 2. The lowest BCUT2D eigenvalue weighted by molar-refractivity contribution is -0.134. The second kappa shape index (κ2) is 7.43. The van der Waals surface area contributed by atoms with Crippen molar-refractivity contribution in [2.45, 2.75) is 52.4 Å². The zero-order chi connectivity index (χ0) is 16.0. The molecule has 0 heterocycles. The molecule has 4 heteroatoms. The molecule has 0 spiro atoms. The molecule has 0 atom stereocenters. The Hall–Kier alpha value is -1.84. The Balaban J connectivity index is 1.88. The number of unbranched alkanes of at least 4 members (excludes halogenated alkanes) is 2. The van der Waals surface area contributed by atoms with E-state index in [0.29, 0.717) is 19.4 Å². The van der Waals surface area contributed by atoms with E-state index in [2.05, 4.69) is 24.5 Å². The van der Waals surface area contributed by atoms with E-state index < -0.39 is 5.41 Å². The van der Waals surface area contributed by atoms with Crippen LogP contribution in [0.2, 0.25) is 0 Å². The van der Waals surface area contributed by atoms with Crippen LogP contribution in [0.4, 0.5) is 5.69 Å². The monoisotopic (exact) mass is 302 g/mol. The molecule has 1 fully saturated rings. The van der Waals surface area contributed by atoms with Gasteiger partial charge in [0.15, 0.2) is 0 Å². The van der Waals surface area contributed by atoms with Gasteiger partial charge < -0.3 is 10.6 Å². The lowest BCUT2D eigenvalue weighted by Crippen LogP contribution is -2.40. The van der Waals surface area contributed by atoms with Gasteiger partial charge in [-0.2, -0.15) is 0 Å². The molecule has 2 N–H and O–H groups in total. The molecule has 0 radical (unpaired) electrons. The minimum absolute atomic E-state index is 0.119. The van der Waals surface area contributed by atoms with Gasteiger partial charge in [0.05, 0.1) is 0 Å². The maximum Gasteiger partial charge on any atom is 0.240 e. The Kier molecular flexibility index (Phi) is 5.58. The minimum Gasteiger partial charge on any atom is -0.355 e. The first kappa shape index (κ1) is 16.5. The molecular formula is C18H26N2O2. The summed E-state index contributed by atoms with van der Waals surface area (Å²) in [7, 11) is 0. The topological polar surface area (TPSA) is 58.2 Å². The Labute approximate surface area is 132 Å². The van der Waals surface area contributed by atoms with Crippen molar-refractivity contribution in [2.24, 2.45) is 5.41 Å². The van der Waals surface area contributed by atoms with Gasteiger partial charge in [0, 0.05) is 12.2 Å². The summed E-state index contributed by atoms with van der Waals surface area (Å²) in [5.41, 5.74) is 1.15. The fourth-order valence-corrected chi connectivity index (χ4v) is 2.50. The van der Waals surface area contributed by atoms with E-state index in [1.807, 2.05) is 24.3 Å². The van der Waals surface area contributed by atoms with Gasteiger partial charge in [-0.15, -0.1) is 0 Å². The molecule has 22 heavy (non-hydrogen) atoms. The summed E-state index contributed by atoms with van der Waals surface area (Å²) in [6.07, 6.45) is 5.45. The third-order valence-corrected chi connectivity index (χ3v) is 4.31. The Morgan fingerprint density at radius 1 is 1.05 bits per heavy atom. The molecule has 2 amide bonds. The van der Waals surface area contributed by atoms with Gasteiger partial charge in [-0.1, -0.05) is 38.8 Å². The van der Waals surface area contributed by atoms with Gasteiger partial charge in [0.2, 0.25) is 11.8 Å². The summed E-state index contributed by atoms with van der Waals surface area (Å²) in [5, 5.41) is 5.78. The SMILES string of the molecule is CCCCCNC(=O)C1(C(=O)Nc2ccc(CC)cc2)CC1. The number of hydrogen-bond acceptors (Lipinski definition) is 2. The smallest absolute Gasteiger partial charge is 0.240 e. The molecule has 0 bridgehead atoms. The molecule has 120 valence electrons. The van der Waals surface area contributed by atoms with Crippen LogP contribution in [0.3, 0.4) is 0 Å². The molecule has 0 saturated heterocycles. The van der Waals surface area contributed by atoms with Gasteiger partial charge in [-0.25, -0.2) is 0 Å². The van der Waals surface area contributed by atoms with Gasteiger partial charge in [-0.3, -0.25) is 9.59 Å². The standard InChI is InChI=1S/C18H26N2O2/c1-3-5-6-13-19-16(21)18(11-12-18)17(22)20-15-9-7-14(4-2)8-10-15/h7-10H,3-6,11-13H2,1-2H3,(H,19,21)(H,20,22). The summed E-state index contributed by atoms with van der Waals surface area (Å²) < 4.78 is 0. The molecule has 4 nitrogen and oxygen atoms in total. The average Bonchev–Trinajstić information content (AvgIpc) is 3.34. The highest BCUT2D eigenvalue weighted by Crippen LogP contribution is 2.46. The number of carbonyl (C=O) groups is 2. The van der Waals surface area contributed by atoms with Crippen LogP contribution in [0, 0.1) is 5.41 Å². The van der Waals surface area contributed by atoms with Crippen LogP contribution in [0.15, 0.2) is 24.3 Å². The molecule has 1 aliphatic carbocycles. The zero-order valence-electron chi connectivity index (χ0n) is 13.6. The predicted octanol–water partition coefficient (Wildman–Crippen LogP) is 3.27. The van der Waals surface area contributed by atoms with Crippen molar-refractivity contribution < 1.29 is 9.59 Å². The lowest BCUT2D eigenvalue weighted by Gasteiger charge is -2.15. The van der Waals surface area contributed by atoms with E-state index >= 15 is 0 Å². The average molecular weight is 302 g/mol. The molecule has 1 saturated carbocycles. The van der Waals surface area contributed by atoms with Crippen molar-refractivity contribution in [3.05, 3.63) is 29.8 Å². The van der Waals surface area contributed by atoms with E-state index in [0.717, 1.165) is 31.4 Å². The van der Waals surface area contributed by atoms with E-state index in [9.17, 15) is 9.59 Å². The highest BCUT2D eigenvalue weighted by Gasteiger charge is 2.56. The maximum absolute atomic E-state index is 12.4. The second-order valence-electron chi connectivity index (χ2n) is 6.05. The third-order valence-electron chi connectivity index (χ3n) is 4.31. The van der Waals surface area contributed by atoms with E-state index in [1.54, 1.807) is 0 Å². The first-order chi connectivity index (χ1) is 10.6. The number of hydrogen-bond donors (Lipinski definition) is 2. The first-order valence-electron chi connectivity index (χ1n) is 8.31. The number of rotatable bonds is 8. The first-order valence-corrected chi connectivity index (χ1v) is 8.31. The molecule has 0 aliphatic heterocycles. The summed E-state index contributed by atoms with van der Waals surface area (Å²) in [6, 6.07) is 7.79. The summed E-state index contributed by atoms with van der Waals surface area (Å²) in [6.45, 7) is 4.88. The van der Waals surface area contributed by atoms with Crippen molar-refractivity contribution in [3.63, 3.8) is 0 Å². The van der Waals surface area contributed by atoms with E-state index in [4.69, 9.17) is 0 Å². The minimum atomic E-state index is -0.838. The van der Waals surface area contributed by atoms with Crippen LogP contribution in [-0.4, -0.2) is 18.4 Å². The number of benzene rings is 1. The number of carbonyl (C=O) groups excluding carboxylic acids is 2. The van der Waals surface area contributed by atoms with Crippen molar-refractivity contribution in [3.8, 4) is 0 Å². The third kappa shape index (κ3) is 3.87. The van der Waals surface area contributed by atoms with E-state index in [-0.39, 0.29) is 11.8 Å². The predicted molar refractivity (Wildman–Crippen MR) is 88.7 cm³/mol. The van der Waals surface area contributed by atoms with Gasteiger partial charge in [-0.05, 0) is 43.4 Å². The molecule has 1 aliphatic rings. The summed E-state index contributed by atoms with van der Waals surface area (Å²) in [5.74, 6) is -0.295. The number of anilines is 1. The van der Waals surface area contributed by atoms with Gasteiger partial charge in [0.1, 0.15) is 5.41 Å². The molecule has 2 rings (SSSR count). The van der Waals surface area contributed by atoms with Crippen LogP contribution in [0.25, 0.3) is 0 Å².